The van der Waals surface area contributed by atoms with Gasteiger partial charge in [-0.05, 0) is 17.7 Å². The van der Waals surface area contributed by atoms with Crippen LogP contribution in [0.5, 0.6) is 0 Å². The number of rotatable bonds is 2. The largest absolute Gasteiger partial charge is 0.372 e. The molecule has 0 nitrogen and oxygen atoms in total. The van der Waals surface area contributed by atoms with Gasteiger partial charge in [-0.3, -0.25) is 0 Å². The van der Waals surface area contributed by atoms with E-state index in [0.717, 1.165) is 0 Å². The van der Waals surface area contributed by atoms with Crippen molar-refractivity contribution in [2.75, 3.05) is 0 Å². The molecular weight excluding hydrogens is 176 g/mol. The third-order valence-electron chi connectivity index (χ3n) is 0.634. The highest BCUT2D eigenvalue weighted by molar-refractivity contribution is 6.33. The van der Waals surface area contributed by atoms with Crippen molar-refractivity contribution in [2.45, 2.75) is 10.5 Å². The van der Waals surface area contributed by atoms with Crippen molar-refractivity contribution in [3.63, 3.8) is 0 Å². The van der Waals surface area contributed by atoms with Gasteiger partial charge >= 0.3 is 5.38 Å². The molecule has 5 heteroatoms. The van der Waals surface area contributed by atoms with Crippen LogP contribution >= 0.6 is 23.2 Å². The number of hydrogen-bond acceptors (Lipinski definition) is 0. The summed E-state index contributed by atoms with van der Waals surface area (Å²) in [5.74, 6) is 0. The van der Waals surface area contributed by atoms with Crippen LogP contribution in [-0.4, -0.2) is 10.5 Å². The van der Waals surface area contributed by atoms with Crippen molar-refractivity contribution < 1.29 is 13.2 Å². The summed E-state index contributed by atoms with van der Waals surface area (Å²) in [5, 5.41) is -7.45. The molecule has 0 fully saturated rings. The molecule has 0 aromatic rings. The summed E-state index contributed by atoms with van der Waals surface area (Å²) < 4.78 is 35.5. The topological polar surface area (TPSA) is 0 Å². The van der Waals surface area contributed by atoms with Gasteiger partial charge in [0.25, 0.3) is 5.13 Å². The van der Waals surface area contributed by atoms with Gasteiger partial charge < -0.3 is 0 Å². The molecule has 0 aliphatic rings. The van der Waals surface area contributed by atoms with Crippen molar-refractivity contribution in [1.82, 2.24) is 0 Å². The Morgan fingerprint density at radius 1 is 1.22 bits per heavy atom. The van der Waals surface area contributed by atoms with Gasteiger partial charge in [-0.2, -0.15) is 8.78 Å². The van der Waals surface area contributed by atoms with Crippen molar-refractivity contribution in [3.05, 3.63) is 12.7 Å². The maximum Gasteiger partial charge on any atom is 0.372 e. The first-order chi connectivity index (χ1) is 3.81. The Bertz CT molecular complexity index is 115. The second-order valence-corrected chi connectivity index (χ2v) is 2.35. The van der Waals surface area contributed by atoms with Gasteiger partial charge in [-0.25, -0.2) is 4.39 Å². The Morgan fingerprint density at radius 3 is 1.56 bits per heavy atom. The fraction of sp³-hybridized carbons (Fsp3) is 0.500. The highest BCUT2D eigenvalue weighted by Gasteiger charge is 2.50. The molecule has 0 heterocycles. The quantitative estimate of drug-likeness (QED) is 0.451. The summed E-state index contributed by atoms with van der Waals surface area (Å²) in [5.41, 5.74) is 0. The van der Waals surface area contributed by atoms with Gasteiger partial charge in [-0.15, -0.1) is 0 Å². The predicted molar refractivity (Wildman–Crippen MR) is 30.7 cm³/mol. The lowest BCUT2D eigenvalue weighted by atomic mass is 10.4. The highest BCUT2D eigenvalue weighted by Crippen LogP contribution is 2.40. The first-order valence-electron chi connectivity index (χ1n) is 1.89. The van der Waals surface area contributed by atoms with Crippen LogP contribution in [0.1, 0.15) is 0 Å². The first-order valence-corrected chi connectivity index (χ1v) is 2.65. The first kappa shape index (κ1) is 9.11. The summed E-state index contributed by atoms with van der Waals surface area (Å²) in [6, 6.07) is 0. The van der Waals surface area contributed by atoms with E-state index >= 15 is 0 Å². The Balaban J connectivity index is 4.32. The molecule has 9 heavy (non-hydrogen) atoms. The molecular formula is C4H3Cl2F3. The van der Waals surface area contributed by atoms with E-state index in [-0.39, 0.29) is 6.08 Å². The molecule has 0 radical (unpaired) electrons. The second-order valence-electron chi connectivity index (χ2n) is 1.32. The lowest BCUT2D eigenvalue weighted by molar-refractivity contribution is 0.00647. The number of allylic oxidation sites excluding steroid dienone is 1. The molecule has 0 unspecified atom stereocenters. The summed E-state index contributed by atoms with van der Waals surface area (Å²) in [6.07, 6.45) is 0.238. The molecule has 0 aromatic heterocycles. The highest BCUT2D eigenvalue weighted by atomic mass is 35.5. The van der Waals surface area contributed by atoms with Crippen molar-refractivity contribution in [2.24, 2.45) is 0 Å². The average Bonchev–Trinajstić information content (AvgIpc) is 1.64. The van der Waals surface area contributed by atoms with Crippen molar-refractivity contribution >= 4 is 23.2 Å². The summed E-state index contributed by atoms with van der Waals surface area (Å²) >= 11 is 8.74. The number of halogens is 5. The fourth-order valence-corrected chi connectivity index (χ4v) is 0.193. The van der Waals surface area contributed by atoms with Gasteiger partial charge in [0, 0.05) is 0 Å². The van der Waals surface area contributed by atoms with Crippen LogP contribution < -0.4 is 0 Å². The minimum Gasteiger partial charge on any atom is -0.213 e. The summed E-state index contributed by atoms with van der Waals surface area (Å²) in [4.78, 5) is 0. The SMILES string of the molecule is C=C[C@@](F)(Cl)C(F)(F)Cl. The molecule has 0 saturated carbocycles. The Hall–Kier alpha value is 0.110. The molecule has 0 aliphatic heterocycles. The minimum absolute atomic E-state index is 0.238. The normalized spacial score (nSPS) is 18.8. The minimum atomic E-state index is -4.10. The summed E-state index contributed by atoms with van der Waals surface area (Å²) in [6.45, 7) is 2.73. The molecule has 0 aliphatic carbocycles. The Kier molecular flexibility index (Phi) is 2.41. The van der Waals surface area contributed by atoms with Crippen LogP contribution in [0.2, 0.25) is 0 Å². The number of alkyl halides is 5. The van der Waals surface area contributed by atoms with Crippen LogP contribution in [-0.2, 0) is 0 Å². The zero-order chi connectivity index (χ0) is 7.71. The third-order valence-corrected chi connectivity index (χ3v) is 1.40. The lowest BCUT2D eigenvalue weighted by Crippen LogP contribution is -2.31. The zero-order valence-electron chi connectivity index (χ0n) is 4.17. The van der Waals surface area contributed by atoms with E-state index < -0.39 is 10.5 Å². The number of hydrogen-bond donors (Lipinski definition) is 0. The van der Waals surface area contributed by atoms with Gasteiger partial charge in [0.15, 0.2) is 0 Å². The van der Waals surface area contributed by atoms with Gasteiger partial charge in [0.1, 0.15) is 0 Å². The molecule has 0 amide bonds. The Labute approximate surface area is 60.2 Å². The monoisotopic (exact) mass is 178 g/mol. The maximum absolute atomic E-state index is 12.1. The Morgan fingerprint density at radius 2 is 1.56 bits per heavy atom. The van der Waals surface area contributed by atoms with Crippen LogP contribution in [0.25, 0.3) is 0 Å². The van der Waals surface area contributed by atoms with Crippen molar-refractivity contribution in [3.8, 4) is 0 Å². The maximum atomic E-state index is 12.1. The van der Waals surface area contributed by atoms with Crippen LogP contribution in [0.15, 0.2) is 12.7 Å². The van der Waals surface area contributed by atoms with E-state index in [1.54, 1.807) is 0 Å². The molecule has 0 spiro atoms. The average molecular weight is 179 g/mol. The molecule has 0 rings (SSSR count). The second kappa shape index (κ2) is 2.39. The third kappa shape index (κ3) is 2.06. The van der Waals surface area contributed by atoms with Gasteiger partial charge in [0.05, 0.1) is 0 Å². The lowest BCUT2D eigenvalue weighted by Gasteiger charge is -2.17. The smallest absolute Gasteiger partial charge is 0.213 e. The molecule has 0 saturated heterocycles. The van der Waals surface area contributed by atoms with E-state index in [2.05, 4.69) is 29.8 Å². The van der Waals surface area contributed by atoms with Crippen LogP contribution in [0.4, 0.5) is 13.2 Å². The van der Waals surface area contributed by atoms with E-state index in [9.17, 15) is 13.2 Å². The van der Waals surface area contributed by atoms with Crippen LogP contribution in [0.3, 0.4) is 0 Å². The van der Waals surface area contributed by atoms with E-state index in [1.165, 1.54) is 0 Å². The standard InChI is InChI=1S/C4H3Cl2F3/c1-2-3(5,7)4(6,8)9/h2H,1H2/t3-/m0/s1. The van der Waals surface area contributed by atoms with E-state index in [1.807, 2.05) is 0 Å². The zero-order valence-corrected chi connectivity index (χ0v) is 5.69. The van der Waals surface area contributed by atoms with Gasteiger partial charge in [-0.1, -0.05) is 18.2 Å². The molecule has 0 aromatic carbocycles. The summed E-state index contributed by atoms with van der Waals surface area (Å²) in [7, 11) is 0. The van der Waals surface area contributed by atoms with Crippen molar-refractivity contribution in [1.29, 1.82) is 0 Å². The van der Waals surface area contributed by atoms with Gasteiger partial charge in [0.2, 0.25) is 0 Å². The van der Waals surface area contributed by atoms with E-state index in [0.29, 0.717) is 0 Å². The molecule has 1 atom stereocenters. The van der Waals surface area contributed by atoms with Crippen LogP contribution in [0, 0.1) is 0 Å². The predicted octanol–water partition coefficient (Wildman–Crippen LogP) is 2.91. The molecule has 54 valence electrons. The molecule has 0 N–H and O–H groups in total. The molecule has 0 bridgehead atoms. The van der Waals surface area contributed by atoms with E-state index in [4.69, 9.17) is 0 Å². The fourth-order valence-electron chi connectivity index (χ4n) is 0.116.